The zero-order chi connectivity index (χ0) is 11.5. The largest absolute Gasteiger partial charge is 0.372 e. The van der Waals surface area contributed by atoms with Gasteiger partial charge in [-0.25, -0.2) is 4.39 Å². The molecule has 1 aromatic heterocycles. The van der Waals surface area contributed by atoms with E-state index in [1.165, 1.54) is 0 Å². The number of hydrogen-bond acceptors (Lipinski definition) is 2. The third-order valence-electron chi connectivity index (χ3n) is 1.73. The van der Waals surface area contributed by atoms with Gasteiger partial charge in [0.05, 0.1) is 17.9 Å². The molecule has 0 N–H and O–H groups in total. The summed E-state index contributed by atoms with van der Waals surface area (Å²) < 4.78 is 19.8. The van der Waals surface area contributed by atoms with Crippen molar-refractivity contribution in [1.82, 2.24) is 4.98 Å². The number of rotatable bonds is 3. The number of ether oxygens (including phenoxy) is 1. The van der Waals surface area contributed by atoms with Crippen molar-refractivity contribution in [3.63, 3.8) is 0 Å². The van der Waals surface area contributed by atoms with Crippen molar-refractivity contribution in [2.45, 2.75) is 32.5 Å². The standard InChI is InChI=1S/C11H15BrFNO/c1-11(2,3)15-7-9(13)10-5-4-8(12)6-14-10/h4-6,9H,7H2,1-3H3. The zero-order valence-corrected chi connectivity index (χ0v) is 10.7. The number of halogens is 2. The molecule has 1 unspecified atom stereocenters. The maximum absolute atomic E-state index is 13.6. The molecule has 0 radical (unpaired) electrons. The Hall–Kier alpha value is -0.480. The molecule has 4 heteroatoms. The van der Waals surface area contributed by atoms with Crippen LogP contribution in [0, 0.1) is 0 Å². The monoisotopic (exact) mass is 275 g/mol. The SMILES string of the molecule is CC(C)(C)OCC(F)c1ccc(Br)cn1. The lowest BCUT2D eigenvalue weighted by Gasteiger charge is -2.20. The van der Waals surface area contributed by atoms with E-state index in [0.29, 0.717) is 5.69 Å². The Morgan fingerprint density at radius 3 is 2.60 bits per heavy atom. The molecule has 84 valence electrons. The second kappa shape index (κ2) is 5.03. The van der Waals surface area contributed by atoms with Gasteiger partial charge in [0.15, 0.2) is 6.17 Å². The fourth-order valence-corrected chi connectivity index (χ4v) is 1.22. The maximum atomic E-state index is 13.6. The molecule has 0 aliphatic heterocycles. The highest BCUT2D eigenvalue weighted by Crippen LogP contribution is 2.19. The molecule has 1 heterocycles. The van der Waals surface area contributed by atoms with Crippen LogP contribution in [-0.4, -0.2) is 17.2 Å². The summed E-state index contributed by atoms with van der Waals surface area (Å²) in [4.78, 5) is 3.98. The van der Waals surface area contributed by atoms with Crippen LogP contribution in [0.4, 0.5) is 4.39 Å². The van der Waals surface area contributed by atoms with E-state index < -0.39 is 6.17 Å². The molecule has 0 saturated heterocycles. The van der Waals surface area contributed by atoms with Gasteiger partial charge >= 0.3 is 0 Å². The van der Waals surface area contributed by atoms with Gasteiger partial charge in [-0.05, 0) is 48.8 Å². The highest BCUT2D eigenvalue weighted by atomic mass is 79.9. The first kappa shape index (κ1) is 12.6. The highest BCUT2D eigenvalue weighted by molar-refractivity contribution is 9.10. The van der Waals surface area contributed by atoms with E-state index in [0.717, 1.165) is 4.47 Å². The third kappa shape index (κ3) is 4.71. The van der Waals surface area contributed by atoms with Crippen LogP contribution in [0.1, 0.15) is 32.6 Å². The topological polar surface area (TPSA) is 22.1 Å². The van der Waals surface area contributed by atoms with Crippen LogP contribution in [0.25, 0.3) is 0 Å². The fourth-order valence-electron chi connectivity index (χ4n) is 0.981. The predicted octanol–water partition coefficient (Wildman–Crippen LogP) is 3.67. The molecule has 0 saturated carbocycles. The molecule has 0 aromatic carbocycles. The van der Waals surface area contributed by atoms with Crippen molar-refractivity contribution in [2.24, 2.45) is 0 Å². The van der Waals surface area contributed by atoms with Gasteiger partial charge < -0.3 is 4.74 Å². The molecule has 0 bridgehead atoms. The molecular weight excluding hydrogens is 261 g/mol. The molecule has 1 rings (SSSR count). The van der Waals surface area contributed by atoms with E-state index >= 15 is 0 Å². The summed E-state index contributed by atoms with van der Waals surface area (Å²) in [7, 11) is 0. The summed E-state index contributed by atoms with van der Waals surface area (Å²) in [5.74, 6) is 0. The molecule has 15 heavy (non-hydrogen) atoms. The molecule has 1 atom stereocenters. The Bertz CT molecular complexity index is 307. The zero-order valence-electron chi connectivity index (χ0n) is 9.13. The van der Waals surface area contributed by atoms with E-state index in [2.05, 4.69) is 20.9 Å². The van der Waals surface area contributed by atoms with Gasteiger partial charge in [0.25, 0.3) is 0 Å². The Balaban J connectivity index is 2.54. The Morgan fingerprint density at radius 2 is 2.13 bits per heavy atom. The van der Waals surface area contributed by atoms with Crippen molar-refractivity contribution in [2.75, 3.05) is 6.61 Å². The number of nitrogens with zero attached hydrogens (tertiary/aromatic N) is 1. The Kier molecular flexibility index (Phi) is 4.22. The van der Waals surface area contributed by atoms with Gasteiger partial charge in [-0.3, -0.25) is 4.98 Å². The molecule has 0 amide bonds. The van der Waals surface area contributed by atoms with E-state index in [4.69, 9.17) is 4.74 Å². The second-order valence-electron chi connectivity index (χ2n) is 4.29. The summed E-state index contributed by atoms with van der Waals surface area (Å²) in [5.41, 5.74) is 0.0853. The van der Waals surface area contributed by atoms with E-state index in [1.807, 2.05) is 20.8 Å². The molecule has 0 aliphatic rings. The lowest BCUT2D eigenvalue weighted by Crippen LogP contribution is -2.21. The van der Waals surface area contributed by atoms with E-state index in [9.17, 15) is 4.39 Å². The smallest absolute Gasteiger partial charge is 0.165 e. The average Bonchev–Trinajstić information content (AvgIpc) is 2.14. The van der Waals surface area contributed by atoms with Crippen molar-refractivity contribution in [3.8, 4) is 0 Å². The molecule has 0 aliphatic carbocycles. The minimum Gasteiger partial charge on any atom is -0.372 e. The van der Waals surface area contributed by atoms with Crippen LogP contribution in [0.2, 0.25) is 0 Å². The van der Waals surface area contributed by atoms with Crippen molar-refractivity contribution in [1.29, 1.82) is 0 Å². The summed E-state index contributed by atoms with van der Waals surface area (Å²) in [6.45, 7) is 5.73. The number of hydrogen-bond donors (Lipinski definition) is 0. The summed E-state index contributed by atoms with van der Waals surface area (Å²) in [5, 5.41) is 0. The van der Waals surface area contributed by atoms with Crippen LogP contribution >= 0.6 is 15.9 Å². The van der Waals surface area contributed by atoms with E-state index in [-0.39, 0.29) is 12.2 Å². The van der Waals surface area contributed by atoms with Crippen LogP contribution in [0.15, 0.2) is 22.8 Å². The Labute approximate surface area is 98.0 Å². The van der Waals surface area contributed by atoms with Gasteiger partial charge in [0.1, 0.15) is 0 Å². The molecule has 2 nitrogen and oxygen atoms in total. The van der Waals surface area contributed by atoms with Crippen LogP contribution < -0.4 is 0 Å². The summed E-state index contributed by atoms with van der Waals surface area (Å²) in [6, 6.07) is 3.42. The first-order chi connectivity index (χ1) is 6.88. The molecular formula is C11H15BrFNO. The molecule has 0 spiro atoms. The van der Waals surface area contributed by atoms with Crippen molar-refractivity contribution >= 4 is 15.9 Å². The second-order valence-corrected chi connectivity index (χ2v) is 5.21. The van der Waals surface area contributed by atoms with Crippen LogP contribution in [0.3, 0.4) is 0 Å². The molecule has 0 fully saturated rings. The van der Waals surface area contributed by atoms with Crippen LogP contribution in [0.5, 0.6) is 0 Å². The number of pyridine rings is 1. The van der Waals surface area contributed by atoms with Gasteiger partial charge in [-0.15, -0.1) is 0 Å². The maximum Gasteiger partial charge on any atom is 0.165 e. The number of alkyl halides is 1. The van der Waals surface area contributed by atoms with Crippen molar-refractivity contribution < 1.29 is 9.13 Å². The quantitative estimate of drug-likeness (QED) is 0.840. The lowest BCUT2D eigenvalue weighted by atomic mass is 10.2. The van der Waals surface area contributed by atoms with Crippen LogP contribution in [-0.2, 0) is 4.74 Å². The fraction of sp³-hybridized carbons (Fsp3) is 0.545. The first-order valence-corrected chi connectivity index (χ1v) is 5.57. The van der Waals surface area contributed by atoms with Gasteiger partial charge in [-0.2, -0.15) is 0 Å². The first-order valence-electron chi connectivity index (χ1n) is 4.78. The number of aromatic nitrogens is 1. The summed E-state index contributed by atoms with van der Waals surface area (Å²) >= 11 is 3.25. The normalized spacial score (nSPS) is 13.9. The van der Waals surface area contributed by atoms with E-state index in [1.54, 1.807) is 18.3 Å². The third-order valence-corrected chi connectivity index (χ3v) is 2.20. The minimum atomic E-state index is -1.17. The Morgan fingerprint density at radius 1 is 1.47 bits per heavy atom. The predicted molar refractivity (Wildman–Crippen MR) is 61.5 cm³/mol. The summed E-state index contributed by atoms with van der Waals surface area (Å²) in [6.07, 6.45) is 0.413. The van der Waals surface area contributed by atoms with Gasteiger partial charge in [-0.1, -0.05) is 0 Å². The highest BCUT2D eigenvalue weighted by Gasteiger charge is 2.16. The van der Waals surface area contributed by atoms with Gasteiger partial charge in [0, 0.05) is 10.7 Å². The lowest BCUT2D eigenvalue weighted by molar-refractivity contribution is -0.0303. The molecule has 1 aromatic rings. The van der Waals surface area contributed by atoms with Gasteiger partial charge in [0.2, 0.25) is 0 Å². The average molecular weight is 276 g/mol. The van der Waals surface area contributed by atoms with Crippen molar-refractivity contribution in [3.05, 3.63) is 28.5 Å². The minimum absolute atomic E-state index is 0.0398.